The second-order valence-electron chi connectivity index (χ2n) is 6.44. The standard InChI is InChI=1S/C21H24N2O3/c1-16-21(25)23(18-9-6-10-19(15-18)26-2)14-13-22(16)20(24)12-11-17-7-4-3-5-8-17/h3-10,15-16H,11-14H2,1-2H3. The molecule has 1 unspecified atom stereocenters. The van der Waals surface area contributed by atoms with Crippen molar-refractivity contribution in [1.82, 2.24) is 4.90 Å². The van der Waals surface area contributed by atoms with Gasteiger partial charge in [0.1, 0.15) is 11.8 Å². The van der Waals surface area contributed by atoms with Gasteiger partial charge in [-0.05, 0) is 31.0 Å². The van der Waals surface area contributed by atoms with E-state index in [1.165, 1.54) is 0 Å². The minimum absolute atomic E-state index is 0.0278. The maximum absolute atomic E-state index is 12.8. The Labute approximate surface area is 154 Å². The summed E-state index contributed by atoms with van der Waals surface area (Å²) >= 11 is 0. The second kappa shape index (κ2) is 8.04. The van der Waals surface area contributed by atoms with Crippen molar-refractivity contribution in [3.8, 4) is 5.75 Å². The number of hydrogen-bond acceptors (Lipinski definition) is 3. The molecule has 1 aliphatic rings. The molecular weight excluding hydrogens is 328 g/mol. The van der Waals surface area contributed by atoms with Crippen LogP contribution in [0, 0.1) is 0 Å². The van der Waals surface area contributed by atoms with Crippen LogP contribution in [0.4, 0.5) is 5.69 Å². The van der Waals surface area contributed by atoms with Crippen LogP contribution in [-0.4, -0.2) is 43.0 Å². The molecule has 2 amide bonds. The third kappa shape index (κ3) is 3.87. The van der Waals surface area contributed by atoms with Crippen LogP contribution in [0.25, 0.3) is 0 Å². The SMILES string of the molecule is COc1cccc(N2CCN(C(=O)CCc3ccccc3)C(C)C2=O)c1. The molecule has 1 saturated heterocycles. The molecule has 5 heteroatoms. The molecule has 0 radical (unpaired) electrons. The third-order valence-electron chi connectivity index (χ3n) is 4.81. The topological polar surface area (TPSA) is 49.9 Å². The number of benzene rings is 2. The molecule has 1 heterocycles. The minimum atomic E-state index is -0.460. The molecular formula is C21H24N2O3. The molecule has 136 valence electrons. The van der Waals surface area contributed by atoms with E-state index in [1.807, 2.05) is 54.6 Å². The average molecular weight is 352 g/mol. The van der Waals surface area contributed by atoms with Crippen LogP contribution in [0.15, 0.2) is 54.6 Å². The number of amides is 2. The van der Waals surface area contributed by atoms with E-state index in [2.05, 4.69) is 0 Å². The van der Waals surface area contributed by atoms with Crippen LogP contribution < -0.4 is 9.64 Å². The average Bonchev–Trinajstić information content (AvgIpc) is 2.69. The van der Waals surface area contributed by atoms with Crippen molar-refractivity contribution in [3.05, 3.63) is 60.2 Å². The minimum Gasteiger partial charge on any atom is -0.497 e. The van der Waals surface area contributed by atoms with E-state index in [0.717, 1.165) is 11.3 Å². The van der Waals surface area contributed by atoms with Crippen LogP contribution in [0.1, 0.15) is 18.9 Å². The number of piperazine rings is 1. The zero-order valence-electron chi connectivity index (χ0n) is 15.2. The van der Waals surface area contributed by atoms with Crippen LogP contribution in [0.5, 0.6) is 5.75 Å². The van der Waals surface area contributed by atoms with Crippen molar-refractivity contribution in [3.63, 3.8) is 0 Å². The van der Waals surface area contributed by atoms with Crippen molar-refractivity contribution in [2.75, 3.05) is 25.1 Å². The number of methoxy groups -OCH3 is 1. The zero-order valence-corrected chi connectivity index (χ0v) is 15.2. The number of carbonyl (C=O) groups excluding carboxylic acids is 2. The Bertz CT molecular complexity index is 776. The van der Waals surface area contributed by atoms with Crippen molar-refractivity contribution in [2.45, 2.75) is 25.8 Å². The fourth-order valence-electron chi connectivity index (χ4n) is 3.29. The van der Waals surface area contributed by atoms with E-state index in [0.29, 0.717) is 31.7 Å². The largest absolute Gasteiger partial charge is 0.497 e. The van der Waals surface area contributed by atoms with Gasteiger partial charge in [0.15, 0.2) is 0 Å². The zero-order chi connectivity index (χ0) is 18.5. The molecule has 0 spiro atoms. The summed E-state index contributed by atoms with van der Waals surface area (Å²) in [5, 5.41) is 0. The van der Waals surface area contributed by atoms with Crippen LogP contribution in [0.3, 0.4) is 0 Å². The predicted octanol–water partition coefficient (Wildman–Crippen LogP) is 2.89. The van der Waals surface area contributed by atoms with E-state index in [1.54, 1.807) is 23.8 Å². The number of nitrogens with zero attached hydrogens (tertiary/aromatic N) is 2. The van der Waals surface area contributed by atoms with Crippen LogP contribution >= 0.6 is 0 Å². The van der Waals surface area contributed by atoms with E-state index in [4.69, 9.17) is 4.74 Å². The maximum Gasteiger partial charge on any atom is 0.249 e. The van der Waals surface area contributed by atoms with E-state index < -0.39 is 6.04 Å². The monoisotopic (exact) mass is 352 g/mol. The Hall–Kier alpha value is -2.82. The lowest BCUT2D eigenvalue weighted by molar-refractivity contribution is -0.140. The van der Waals surface area contributed by atoms with E-state index >= 15 is 0 Å². The summed E-state index contributed by atoms with van der Waals surface area (Å²) in [6.07, 6.45) is 1.11. The first-order valence-electron chi connectivity index (χ1n) is 8.89. The highest BCUT2D eigenvalue weighted by atomic mass is 16.5. The Kier molecular flexibility index (Phi) is 5.56. The maximum atomic E-state index is 12.8. The highest BCUT2D eigenvalue weighted by molar-refractivity contribution is 6.00. The first-order valence-corrected chi connectivity index (χ1v) is 8.89. The summed E-state index contributed by atoms with van der Waals surface area (Å²) in [6, 6.07) is 16.9. The Morgan fingerprint density at radius 3 is 2.62 bits per heavy atom. The Morgan fingerprint density at radius 2 is 1.88 bits per heavy atom. The first-order chi connectivity index (χ1) is 12.6. The van der Waals surface area contributed by atoms with Crippen molar-refractivity contribution in [1.29, 1.82) is 0 Å². The lowest BCUT2D eigenvalue weighted by Gasteiger charge is -2.39. The van der Waals surface area contributed by atoms with Gasteiger partial charge in [-0.25, -0.2) is 0 Å². The smallest absolute Gasteiger partial charge is 0.249 e. The quantitative estimate of drug-likeness (QED) is 0.831. The molecule has 1 aliphatic heterocycles. The van der Waals surface area contributed by atoms with Crippen LogP contribution in [0.2, 0.25) is 0 Å². The molecule has 0 N–H and O–H groups in total. The lowest BCUT2D eigenvalue weighted by atomic mass is 10.1. The summed E-state index contributed by atoms with van der Waals surface area (Å²) in [6.45, 7) is 2.83. The normalized spacial score (nSPS) is 17.3. The molecule has 2 aromatic carbocycles. The lowest BCUT2D eigenvalue weighted by Crippen LogP contribution is -2.57. The fraction of sp³-hybridized carbons (Fsp3) is 0.333. The number of ether oxygens (including phenoxy) is 1. The van der Waals surface area contributed by atoms with Gasteiger partial charge in [-0.1, -0.05) is 36.4 Å². The second-order valence-corrected chi connectivity index (χ2v) is 6.44. The van der Waals surface area contributed by atoms with Crippen molar-refractivity contribution in [2.24, 2.45) is 0 Å². The summed E-state index contributed by atoms with van der Waals surface area (Å²) < 4.78 is 5.24. The molecule has 26 heavy (non-hydrogen) atoms. The number of aryl methyl sites for hydroxylation is 1. The molecule has 2 aromatic rings. The summed E-state index contributed by atoms with van der Waals surface area (Å²) in [5.74, 6) is 0.682. The third-order valence-corrected chi connectivity index (χ3v) is 4.81. The van der Waals surface area contributed by atoms with Gasteiger partial charge < -0.3 is 14.5 Å². The summed E-state index contributed by atoms with van der Waals surface area (Å²) in [5.41, 5.74) is 1.94. The number of carbonyl (C=O) groups is 2. The molecule has 0 bridgehead atoms. The Morgan fingerprint density at radius 1 is 1.12 bits per heavy atom. The highest BCUT2D eigenvalue weighted by Gasteiger charge is 2.34. The molecule has 3 rings (SSSR count). The number of anilines is 1. The highest BCUT2D eigenvalue weighted by Crippen LogP contribution is 2.25. The molecule has 0 saturated carbocycles. The van der Waals surface area contributed by atoms with Gasteiger partial charge in [-0.15, -0.1) is 0 Å². The van der Waals surface area contributed by atoms with E-state index in [-0.39, 0.29) is 11.8 Å². The number of rotatable bonds is 5. The van der Waals surface area contributed by atoms with Gasteiger partial charge in [-0.3, -0.25) is 9.59 Å². The molecule has 1 atom stereocenters. The first kappa shape index (κ1) is 18.0. The van der Waals surface area contributed by atoms with Gasteiger partial charge in [0, 0.05) is 31.3 Å². The van der Waals surface area contributed by atoms with Crippen molar-refractivity contribution < 1.29 is 14.3 Å². The molecule has 5 nitrogen and oxygen atoms in total. The van der Waals surface area contributed by atoms with Gasteiger partial charge in [-0.2, -0.15) is 0 Å². The predicted molar refractivity (Wildman–Crippen MR) is 101 cm³/mol. The summed E-state index contributed by atoms with van der Waals surface area (Å²) in [7, 11) is 1.60. The van der Waals surface area contributed by atoms with E-state index in [9.17, 15) is 9.59 Å². The fourth-order valence-corrected chi connectivity index (χ4v) is 3.29. The van der Waals surface area contributed by atoms with Gasteiger partial charge in [0.05, 0.1) is 7.11 Å². The van der Waals surface area contributed by atoms with Crippen molar-refractivity contribution >= 4 is 17.5 Å². The summed E-state index contributed by atoms with van der Waals surface area (Å²) in [4.78, 5) is 28.8. The van der Waals surface area contributed by atoms with Gasteiger partial charge in [0.2, 0.25) is 11.8 Å². The Balaban J connectivity index is 1.64. The van der Waals surface area contributed by atoms with Crippen LogP contribution in [-0.2, 0) is 16.0 Å². The number of hydrogen-bond donors (Lipinski definition) is 0. The molecule has 0 aromatic heterocycles. The van der Waals surface area contributed by atoms with Gasteiger partial charge >= 0.3 is 0 Å². The molecule has 1 fully saturated rings. The molecule has 0 aliphatic carbocycles. The van der Waals surface area contributed by atoms with Gasteiger partial charge in [0.25, 0.3) is 0 Å².